The Hall–Kier alpha value is -0.260. The minimum atomic E-state index is -0.763. The van der Waals surface area contributed by atoms with E-state index in [2.05, 4.69) is 0 Å². The van der Waals surface area contributed by atoms with Crippen molar-refractivity contribution in [2.45, 2.75) is 19.9 Å². The van der Waals surface area contributed by atoms with E-state index in [0.29, 0.717) is 12.7 Å². The van der Waals surface area contributed by atoms with Gasteiger partial charge in [-0.1, -0.05) is 13.8 Å². The molecular formula is C8H15NO3S. The fourth-order valence-corrected chi connectivity index (χ4v) is 2.17. The molecule has 0 aliphatic carbocycles. The van der Waals surface area contributed by atoms with Gasteiger partial charge in [-0.05, 0) is 5.92 Å². The molecule has 0 aromatic rings. The fraction of sp³-hybridized carbons (Fsp3) is 0.875. The minimum Gasteiger partial charge on any atom is -0.480 e. The third-order valence-electron chi connectivity index (χ3n) is 1.96. The molecule has 0 aromatic heterocycles. The van der Waals surface area contributed by atoms with E-state index < -0.39 is 12.0 Å². The zero-order chi connectivity index (χ0) is 9.84. The van der Waals surface area contributed by atoms with Crippen molar-refractivity contribution < 1.29 is 14.6 Å². The summed E-state index contributed by atoms with van der Waals surface area (Å²) in [5.74, 6) is 0.761. The molecule has 4 nitrogen and oxygen atoms in total. The molecule has 0 amide bonds. The molecule has 0 aromatic carbocycles. The highest BCUT2D eigenvalue weighted by atomic mass is 32.2. The zero-order valence-electron chi connectivity index (χ0n) is 7.90. The summed E-state index contributed by atoms with van der Waals surface area (Å²) >= 11 is 1.61. The minimum absolute atomic E-state index is 0.111. The molecule has 1 rings (SSSR count). The summed E-state index contributed by atoms with van der Waals surface area (Å²) in [7, 11) is 0. The van der Waals surface area contributed by atoms with Crippen LogP contribution in [0.2, 0.25) is 0 Å². The SMILES string of the molecule is CC(C)C(C(=O)O)N1COCSC1. The number of thioether (sulfide) groups is 1. The van der Waals surface area contributed by atoms with E-state index in [1.165, 1.54) is 0 Å². The van der Waals surface area contributed by atoms with Gasteiger partial charge in [0.1, 0.15) is 12.8 Å². The third kappa shape index (κ3) is 2.86. The smallest absolute Gasteiger partial charge is 0.321 e. The molecule has 1 N–H and O–H groups in total. The summed E-state index contributed by atoms with van der Waals surface area (Å²) in [5, 5.41) is 8.99. The molecule has 1 aliphatic rings. The number of ether oxygens (including phenoxy) is 1. The Bertz CT molecular complexity index is 180. The van der Waals surface area contributed by atoms with Crippen LogP contribution in [0.15, 0.2) is 0 Å². The van der Waals surface area contributed by atoms with E-state index in [0.717, 1.165) is 5.88 Å². The molecule has 13 heavy (non-hydrogen) atoms. The van der Waals surface area contributed by atoms with Gasteiger partial charge >= 0.3 is 5.97 Å². The van der Waals surface area contributed by atoms with Gasteiger partial charge in [-0.3, -0.25) is 9.69 Å². The first-order chi connectivity index (χ1) is 6.13. The molecule has 1 fully saturated rings. The van der Waals surface area contributed by atoms with E-state index in [9.17, 15) is 4.79 Å². The van der Waals surface area contributed by atoms with Crippen molar-refractivity contribution in [1.29, 1.82) is 0 Å². The van der Waals surface area contributed by atoms with Gasteiger partial charge in [0.05, 0.1) is 5.94 Å². The number of rotatable bonds is 3. The fourth-order valence-electron chi connectivity index (χ4n) is 1.43. The highest BCUT2D eigenvalue weighted by molar-refractivity contribution is 7.99. The Kier molecular flexibility index (Phi) is 4.02. The van der Waals surface area contributed by atoms with Crippen LogP contribution in [0.1, 0.15) is 13.8 Å². The Labute approximate surface area is 82.2 Å². The number of hydrogen-bond donors (Lipinski definition) is 1. The highest BCUT2D eigenvalue weighted by Gasteiger charge is 2.29. The standard InChI is InChI=1S/C8H15NO3S/c1-6(2)7(8(10)11)9-3-12-5-13-4-9/h6-7H,3-5H2,1-2H3,(H,10,11). The van der Waals surface area contributed by atoms with Crippen molar-refractivity contribution in [3.05, 3.63) is 0 Å². The molecule has 0 saturated carbocycles. The molecule has 76 valence electrons. The van der Waals surface area contributed by atoms with Crippen molar-refractivity contribution in [3.8, 4) is 0 Å². The molecule has 0 spiro atoms. The third-order valence-corrected chi connectivity index (χ3v) is 2.81. The van der Waals surface area contributed by atoms with Gasteiger partial charge in [-0.2, -0.15) is 0 Å². The zero-order valence-corrected chi connectivity index (χ0v) is 8.71. The molecular weight excluding hydrogens is 190 g/mol. The van der Waals surface area contributed by atoms with Gasteiger partial charge in [0.2, 0.25) is 0 Å². The van der Waals surface area contributed by atoms with Crippen LogP contribution < -0.4 is 0 Å². The summed E-state index contributed by atoms with van der Waals surface area (Å²) in [4.78, 5) is 12.8. The maximum atomic E-state index is 10.9. The van der Waals surface area contributed by atoms with Crippen LogP contribution in [0.25, 0.3) is 0 Å². The second kappa shape index (κ2) is 4.83. The molecule has 1 heterocycles. The Morgan fingerprint density at radius 1 is 1.62 bits per heavy atom. The van der Waals surface area contributed by atoms with Crippen molar-refractivity contribution in [2.75, 3.05) is 18.5 Å². The normalized spacial score (nSPS) is 21.8. The van der Waals surface area contributed by atoms with Crippen LogP contribution in [-0.2, 0) is 9.53 Å². The lowest BCUT2D eigenvalue weighted by atomic mass is 10.0. The van der Waals surface area contributed by atoms with E-state index in [1.807, 2.05) is 18.7 Å². The van der Waals surface area contributed by atoms with Crippen LogP contribution in [0.3, 0.4) is 0 Å². The monoisotopic (exact) mass is 205 g/mol. The lowest BCUT2D eigenvalue weighted by Crippen LogP contribution is -2.47. The van der Waals surface area contributed by atoms with Gasteiger partial charge in [-0.25, -0.2) is 0 Å². The molecule has 0 bridgehead atoms. The van der Waals surface area contributed by atoms with Crippen molar-refractivity contribution in [2.24, 2.45) is 5.92 Å². The first-order valence-corrected chi connectivity index (χ1v) is 5.40. The topological polar surface area (TPSA) is 49.8 Å². The van der Waals surface area contributed by atoms with Crippen molar-refractivity contribution in [3.63, 3.8) is 0 Å². The number of nitrogens with zero attached hydrogens (tertiary/aromatic N) is 1. The Morgan fingerprint density at radius 3 is 2.69 bits per heavy atom. The van der Waals surface area contributed by atoms with E-state index in [1.54, 1.807) is 11.8 Å². The molecule has 1 atom stereocenters. The number of carbonyl (C=O) groups is 1. The van der Waals surface area contributed by atoms with Crippen LogP contribution in [0, 0.1) is 5.92 Å². The summed E-state index contributed by atoms with van der Waals surface area (Å²) in [5.41, 5.74) is 0. The predicted octanol–water partition coefficient (Wildman–Crippen LogP) is 1.03. The predicted molar refractivity (Wildman–Crippen MR) is 51.4 cm³/mol. The van der Waals surface area contributed by atoms with Gasteiger partial charge < -0.3 is 9.84 Å². The van der Waals surface area contributed by atoms with Gasteiger partial charge in [-0.15, -0.1) is 11.8 Å². The van der Waals surface area contributed by atoms with Crippen LogP contribution in [0.5, 0.6) is 0 Å². The van der Waals surface area contributed by atoms with Crippen LogP contribution in [-0.4, -0.2) is 40.6 Å². The first kappa shape index (κ1) is 10.8. The van der Waals surface area contributed by atoms with Gasteiger partial charge in [0, 0.05) is 5.88 Å². The highest BCUT2D eigenvalue weighted by Crippen LogP contribution is 2.18. The summed E-state index contributed by atoms with van der Waals surface area (Å²) < 4.78 is 5.19. The molecule has 1 saturated heterocycles. The van der Waals surface area contributed by atoms with E-state index >= 15 is 0 Å². The number of carboxylic acid groups (broad SMARTS) is 1. The van der Waals surface area contributed by atoms with Gasteiger partial charge in [0.25, 0.3) is 0 Å². The number of aliphatic carboxylic acids is 1. The molecule has 0 radical (unpaired) electrons. The summed E-state index contributed by atoms with van der Waals surface area (Å²) in [6, 6.07) is -0.423. The quantitative estimate of drug-likeness (QED) is 0.746. The summed E-state index contributed by atoms with van der Waals surface area (Å²) in [6.45, 7) is 4.26. The van der Waals surface area contributed by atoms with Crippen LogP contribution in [0.4, 0.5) is 0 Å². The average Bonchev–Trinajstić information content (AvgIpc) is 2.04. The Morgan fingerprint density at radius 2 is 2.31 bits per heavy atom. The maximum absolute atomic E-state index is 10.9. The lowest BCUT2D eigenvalue weighted by molar-refractivity contribution is -0.147. The van der Waals surface area contributed by atoms with Crippen LogP contribution >= 0.6 is 11.8 Å². The number of hydrogen-bond acceptors (Lipinski definition) is 4. The second-order valence-electron chi connectivity index (χ2n) is 3.40. The molecule has 1 aliphatic heterocycles. The van der Waals surface area contributed by atoms with E-state index in [4.69, 9.17) is 9.84 Å². The first-order valence-electron chi connectivity index (χ1n) is 4.25. The van der Waals surface area contributed by atoms with Crippen molar-refractivity contribution >= 4 is 17.7 Å². The largest absolute Gasteiger partial charge is 0.480 e. The maximum Gasteiger partial charge on any atom is 0.321 e. The van der Waals surface area contributed by atoms with Gasteiger partial charge in [0.15, 0.2) is 0 Å². The number of carboxylic acids is 1. The Balaban J connectivity index is 2.57. The summed E-state index contributed by atoms with van der Waals surface area (Å²) in [6.07, 6.45) is 0. The lowest BCUT2D eigenvalue weighted by Gasteiger charge is -2.33. The molecule has 5 heteroatoms. The van der Waals surface area contributed by atoms with E-state index in [-0.39, 0.29) is 5.92 Å². The molecule has 1 unspecified atom stereocenters. The second-order valence-corrected chi connectivity index (χ2v) is 4.30. The average molecular weight is 205 g/mol. The van der Waals surface area contributed by atoms with Crippen molar-refractivity contribution in [1.82, 2.24) is 4.90 Å².